The second-order valence-corrected chi connectivity index (χ2v) is 7.27. The molecule has 27 heavy (non-hydrogen) atoms. The van der Waals surface area contributed by atoms with Crippen LogP contribution >= 0.6 is 0 Å². The lowest BCUT2D eigenvalue weighted by Crippen LogP contribution is -2.49. The normalized spacial score (nSPS) is 20.7. The lowest BCUT2D eigenvalue weighted by Gasteiger charge is -2.36. The molecule has 0 bridgehead atoms. The molecule has 2 aliphatic heterocycles. The fourth-order valence-corrected chi connectivity index (χ4v) is 3.71. The molecule has 2 aromatic rings. The van der Waals surface area contributed by atoms with Crippen molar-refractivity contribution >= 4 is 23.2 Å². The van der Waals surface area contributed by atoms with Crippen molar-refractivity contribution in [2.24, 2.45) is 0 Å². The van der Waals surface area contributed by atoms with Gasteiger partial charge in [0.2, 0.25) is 5.91 Å². The average molecular weight is 366 g/mol. The van der Waals surface area contributed by atoms with Gasteiger partial charge in [-0.25, -0.2) is 9.97 Å². The number of benzene rings is 1. The van der Waals surface area contributed by atoms with E-state index in [1.54, 1.807) is 11.2 Å². The number of para-hydroxylation sites is 1. The van der Waals surface area contributed by atoms with Crippen LogP contribution in [0.1, 0.15) is 12.8 Å². The topological polar surface area (TPSA) is 64.6 Å². The first kappa shape index (κ1) is 17.6. The number of hydrogen-bond donors (Lipinski definition) is 1. The summed E-state index contributed by atoms with van der Waals surface area (Å²) in [5.41, 5.74) is 1.16. The molecule has 0 saturated carbocycles. The Bertz CT molecular complexity index is 783. The van der Waals surface area contributed by atoms with Gasteiger partial charge in [-0.05, 0) is 25.0 Å². The molecular formula is C20H26N6O. The largest absolute Gasteiger partial charge is 0.381 e. The van der Waals surface area contributed by atoms with Crippen LogP contribution in [0, 0.1) is 0 Å². The summed E-state index contributed by atoms with van der Waals surface area (Å²) in [5, 5.41) is 3.62. The third-order valence-corrected chi connectivity index (χ3v) is 5.31. The first-order valence-electron chi connectivity index (χ1n) is 9.56. The van der Waals surface area contributed by atoms with E-state index in [0.29, 0.717) is 12.6 Å². The molecule has 1 N–H and O–H groups in total. The van der Waals surface area contributed by atoms with E-state index in [9.17, 15) is 4.79 Å². The van der Waals surface area contributed by atoms with E-state index in [2.05, 4.69) is 44.5 Å². The number of rotatable bonds is 4. The van der Waals surface area contributed by atoms with Crippen LogP contribution < -0.4 is 15.1 Å². The molecule has 0 aliphatic carbocycles. The molecule has 2 fully saturated rings. The highest BCUT2D eigenvalue weighted by molar-refractivity contribution is 5.82. The average Bonchev–Trinajstić information content (AvgIpc) is 2.71. The Hall–Kier alpha value is -2.83. The molecule has 1 atom stereocenters. The first-order chi connectivity index (χ1) is 13.2. The van der Waals surface area contributed by atoms with Crippen LogP contribution in [0.15, 0.2) is 42.7 Å². The van der Waals surface area contributed by atoms with Gasteiger partial charge in [-0.1, -0.05) is 18.2 Å². The quantitative estimate of drug-likeness (QED) is 0.891. The van der Waals surface area contributed by atoms with Crippen molar-refractivity contribution in [3.63, 3.8) is 0 Å². The lowest BCUT2D eigenvalue weighted by molar-refractivity contribution is -0.129. The van der Waals surface area contributed by atoms with Gasteiger partial charge in [0.1, 0.15) is 18.0 Å². The number of carbonyl (C=O) groups excluding carboxylic acids is 1. The maximum atomic E-state index is 12.0. The van der Waals surface area contributed by atoms with E-state index in [-0.39, 0.29) is 5.91 Å². The van der Waals surface area contributed by atoms with Crippen LogP contribution in [0.3, 0.4) is 0 Å². The van der Waals surface area contributed by atoms with Gasteiger partial charge < -0.3 is 20.0 Å². The van der Waals surface area contributed by atoms with Gasteiger partial charge >= 0.3 is 0 Å². The molecule has 142 valence electrons. The maximum Gasteiger partial charge on any atom is 0.241 e. The number of nitrogens with one attached hydrogen (secondary N) is 1. The Morgan fingerprint density at radius 1 is 1.04 bits per heavy atom. The fraction of sp³-hybridized carbons (Fsp3) is 0.450. The minimum absolute atomic E-state index is 0.131. The number of amides is 1. The second kappa shape index (κ2) is 7.82. The summed E-state index contributed by atoms with van der Waals surface area (Å²) in [6.07, 6.45) is 3.88. The van der Waals surface area contributed by atoms with Crippen molar-refractivity contribution < 1.29 is 4.79 Å². The standard InChI is InChI=1S/C20H26N6O/c1-24-10-11-26(14-20(24)27)19-12-18(21-15-22-19)25-9-5-8-17(13-25)23-16-6-3-2-4-7-16/h2-4,6-7,12,15,17,23H,5,8-11,13-14H2,1H3. The molecule has 0 spiro atoms. The summed E-state index contributed by atoms with van der Waals surface area (Å²) >= 11 is 0. The van der Waals surface area contributed by atoms with E-state index in [1.165, 1.54) is 0 Å². The van der Waals surface area contributed by atoms with Crippen LogP contribution in [0.25, 0.3) is 0 Å². The minimum Gasteiger partial charge on any atom is -0.381 e. The van der Waals surface area contributed by atoms with Crippen molar-refractivity contribution in [2.75, 3.05) is 54.9 Å². The SMILES string of the molecule is CN1CCN(c2cc(N3CCCC(Nc4ccccc4)C3)ncn2)CC1=O. The highest BCUT2D eigenvalue weighted by Gasteiger charge is 2.24. The smallest absolute Gasteiger partial charge is 0.241 e. The molecule has 3 heterocycles. The number of nitrogens with zero attached hydrogens (tertiary/aromatic N) is 5. The maximum absolute atomic E-state index is 12.0. The third-order valence-electron chi connectivity index (χ3n) is 5.31. The van der Waals surface area contributed by atoms with Gasteiger partial charge in [0.25, 0.3) is 0 Å². The summed E-state index contributed by atoms with van der Waals surface area (Å²) in [7, 11) is 1.85. The molecule has 7 nitrogen and oxygen atoms in total. The zero-order chi connectivity index (χ0) is 18.6. The zero-order valence-corrected chi connectivity index (χ0v) is 15.7. The van der Waals surface area contributed by atoms with Crippen LogP contribution in [0.4, 0.5) is 17.3 Å². The van der Waals surface area contributed by atoms with Crippen LogP contribution in [-0.4, -0.2) is 66.6 Å². The van der Waals surface area contributed by atoms with Crippen molar-refractivity contribution in [3.8, 4) is 0 Å². The molecule has 4 rings (SSSR count). The third kappa shape index (κ3) is 4.13. The van der Waals surface area contributed by atoms with Crippen LogP contribution in [0.2, 0.25) is 0 Å². The molecule has 1 aromatic heterocycles. The lowest BCUT2D eigenvalue weighted by atomic mass is 10.1. The summed E-state index contributed by atoms with van der Waals surface area (Å²) in [4.78, 5) is 27.0. The second-order valence-electron chi connectivity index (χ2n) is 7.27. The van der Waals surface area contributed by atoms with Gasteiger partial charge in [0.15, 0.2) is 0 Å². The van der Waals surface area contributed by atoms with Crippen molar-refractivity contribution in [1.82, 2.24) is 14.9 Å². The van der Waals surface area contributed by atoms with Gasteiger partial charge in [-0.3, -0.25) is 4.79 Å². The molecule has 2 aliphatic rings. The number of likely N-dealkylation sites (N-methyl/N-ethyl adjacent to an activating group) is 1. The van der Waals surface area contributed by atoms with Crippen molar-refractivity contribution in [3.05, 3.63) is 42.7 Å². The van der Waals surface area contributed by atoms with E-state index in [4.69, 9.17) is 0 Å². The van der Waals surface area contributed by atoms with Gasteiger partial charge in [-0.15, -0.1) is 0 Å². The van der Waals surface area contributed by atoms with Crippen LogP contribution in [0.5, 0.6) is 0 Å². The van der Waals surface area contributed by atoms with Crippen molar-refractivity contribution in [1.29, 1.82) is 0 Å². The summed E-state index contributed by atoms with van der Waals surface area (Å²) in [6, 6.07) is 12.8. The zero-order valence-electron chi connectivity index (χ0n) is 15.7. The number of carbonyl (C=O) groups is 1. The molecule has 1 aromatic carbocycles. The first-order valence-corrected chi connectivity index (χ1v) is 9.56. The Morgan fingerprint density at radius 3 is 2.59 bits per heavy atom. The van der Waals surface area contributed by atoms with Crippen LogP contribution in [-0.2, 0) is 4.79 Å². The van der Waals surface area contributed by atoms with E-state index >= 15 is 0 Å². The highest BCUT2D eigenvalue weighted by atomic mass is 16.2. The molecule has 0 radical (unpaired) electrons. The number of anilines is 3. The summed E-state index contributed by atoms with van der Waals surface area (Å²) in [5.74, 6) is 1.90. The Morgan fingerprint density at radius 2 is 1.81 bits per heavy atom. The Balaban J connectivity index is 1.44. The Kier molecular flexibility index (Phi) is 5.09. The van der Waals surface area contributed by atoms with Gasteiger partial charge in [0.05, 0.1) is 6.54 Å². The van der Waals surface area contributed by atoms with Gasteiger partial charge in [-0.2, -0.15) is 0 Å². The molecule has 7 heteroatoms. The number of piperazine rings is 1. The molecular weight excluding hydrogens is 340 g/mol. The summed E-state index contributed by atoms with van der Waals surface area (Å²) < 4.78 is 0. The monoisotopic (exact) mass is 366 g/mol. The molecule has 2 saturated heterocycles. The van der Waals surface area contributed by atoms with E-state index < -0.39 is 0 Å². The minimum atomic E-state index is 0.131. The molecule has 1 unspecified atom stereocenters. The van der Waals surface area contributed by atoms with Crippen molar-refractivity contribution in [2.45, 2.75) is 18.9 Å². The molecule has 1 amide bonds. The predicted octanol–water partition coefficient (Wildman–Crippen LogP) is 1.84. The summed E-state index contributed by atoms with van der Waals surface area (Å²) in [6.45, 7) is 3.81. The van der Waals surface area contributed by atoms with E-state index in [0.717, 1.165) is 56.3 Å². The van der Waals surface area contributed by atoms with Gasteiger partial charge in [0, 0.05) is 51.0 Å². The highest BCUT2D eigenvalue weighted by Crippen LogP contribution is 2.23. The number of piperidine rings is 1. The number of aromatic nitrogens is 2. The van der Waals surface area contributed by atoms with E-state index in [1.807, 2.05) is 24.1 Å². The number of hydrogen-bond acceptors (Lipinski definition) is 6. The predicted molar refractivity (Wildman–Crippen MR) is 107 cm³/mol. The Labute approximate surface area is 160 Å². The fourth-order valence-electron chi connectivity index (χ4n) is 3.71.